The van der Waals surface area contributed by atoms with Crippen LogP contribution in [-0.4, -0.2) is 43.6 Å². The second-order valence-corrected chi connectivity index (χ2v) is 7.23. The molecule has 2 aliphatic heterocycles. The third kappa shape index (κ3) is 3.28. The van der Waals surface area contributed by atoms with Crippen LogP contribution in [0.1, 0.15) is 46.7 Å². The zero-order chi connectivity index (χ0) is 17.4. The maximum Gasteiger partial charge on any atom is 0.273 e. The third-order valence-corrected chi connectivity index (χ3v) is 5.30. The molecule has 1 amide bonds. The zero-order valence-electron chi connectivity index (χ0n) is 14.4. The molecule has 0 unspecified atom stereocenters. The van der Waals surface area contributed by atoms with Crippen LogP contribution in [0.3, 0.4) is 0 Å². The number of rotatable bonds is 3. The largest absolute Gasteiger partial charge is 0.327 e. The van der Waals surface area contributed by atoms with Crippen molar-refractivity contribution in [3.8, 4) is 0 Å². The van der Waals surface area contributed by atoms with Gasteiger partial charge in [-0.2, -0.15) is 5.10 Å². The average molecular weight is 360 g/mol. The highest BCUT2D eigenvalue weighted by Gasteiger charge is 2.31. The Labute approximate surface area is 152 Å². The lowest BCUT2D eigenvalue weighted by molar-refractivity contribution is 0.0741. The van der Waals surface area contributed by atoms with Gasteiger partial charge in [-0.05, 0) is 38.1 Å². The van der Waals surface area contributed by atoms with Gasteiger partial charge in [-0.3, -0.25) is 14.4 Å². The molecule has 0 atom stereocenters. The van der Waals surface area contributed by atoms with E-state index in [0.717, 1.165) is 31.0 Å². The Morgan fingerprint density at radius 2 is 2.00 bits per heavy atom. The van der Waals surface area contributed by atoms with Gasteiger partial charge in [0, 0.05) is 19.2 Å². The highest BCUT2D eigenvalue weighted by Crippen LogP contribution is 2.28. The van der Waals surface area contributed by atoms with Crippen molar-refractivity contribution < 1.29 is 4.79 Å². The molecule has 0 saturated carbocycles. The van der Waals surface area contributed by atoms with Crippen molar-refractivity contribution in [1.29, 1.82) is 0 Å². The monoisotopic (exact) mass is 359 g/mol. The lowest BCUT2D eigenvalue weighted by Gasteiger charge is -2.26. The summed E-state index contributed by atoms with van der Waals surface area (Å²) in [4.78, 5) is 21.2. The minimum atomic E-state index is -0.0809. The molecule has 2 aromatic heterocycles. The van der Waals surface area contributed by atoms with E-state index < -0.39 is 0 Å². The predicted molar refractivity (Wildman–Crippen MR) is 95.2 cm³/mol. The Morgan fingerprint density at radius 3 is 2.76 bits per heavy atom. The van der Waals surface area contributed by atoms with Gasteiger partial charge in [0.05, 0.1) is 24.5 Å². The van der Waals surface area contributed by atoms with E-state index in [1.807, 2.05) is 16.6 Å². The molecule has 0 aliphatic carbocycles. The second-order valence-electron chi connectivity index (χ2n) is 6.84. The number of halogens is 1. The maximum absolute atomic E-state index is 12.7. The number of carbonyl (C=O) groups is 1. The quantitative estimate of drug-likeness (QED) is 0.790. The van der Waals surface area contributed by atoms with Gasteiger partial charge in [0.25, 0.3) is 5.91 Å². The van der Waals surface area contributed by atoms with Crippen molar-refractivity contribution in [3.63, 3.8) is 0 Å². The molecule has 0 bridgehead atoms. The summed E-state index contributed by atoms with van der Waals surface area (Å²) in [5.74, 6) is -0.0809. The summed E-state index contributed by atoms with van der Waals surface area (Å²) in [6, 6.07) is 5.15. The van der Waals surface area contributed by atoms with Gasteiger partial charge in [0.15, 0.2) is 0 Å². The fraction of sp³-hybridized carbons (Fsp3) is 0.500. The first kappa shape index (κ1) is 16.5. The van der Waals surface area contributed by atoms with Gasteiger partial charge < -0.3 is 4.90 Å². The summed E-state index contributed by atoms with van der Waals surface area (Å²) in [6.07, 6.45) is 3.85. The first-order chi connectivity index (χ1) is 12.1. The summed E-state index contributed by atoms with van der Waals surface area (Å²) in [5.41, 5.74) is 3.82. The lowest BCUT2D eigenvalue weighted by Crippen LogP contribution is -2.30. The summed E-state index contributed by atoms with van der Waals surface area (Å²) in [7, 11) is 1.96. The number of pyridine rings is 1. The number of hydrogen-bond donors (Lipinski definition) is 0. The molecule has 0 radical (unpaired) electrons. The highest BCUT2D eigenvalue weighted by atomic mass is 35.5. The van der Waals surface area contributed by atoms with Crippen molar-refractivity contribution in [2.75, 3.05) is 13.1 Å². The smallest absolute Gasteiger partial charge is 0.273 e. The van der Waals surface area contributed by atoms with Crippen molar-refractivity contribution in [2.24, 2.45) is 7.05 Å². The second kappa shape index (κ2) is 6.77. The lowest BCUT2D eigenvalue weighted by atomic mass is 10.1. The molecule has 25 heavy (non-hydrogen) atoms. The van der Waals surface area contributed by atoms with E-state index in [2.05, 4.69) is 9.88 Å². The van der Waals surface area contributed by atoms with Gasteiger partial charge in [-0.15, -0.1) is 0 Å². The number of carbonyl (C=O) groups excluding carboxylic acids is 1. The molecular formula is C18H22ClN5O. The fourth-order valence-corrected chi connectivity index (χ4v) is 3.92. The highest BCUT2D eigenvalue weighted by molar-refractivity contribution is 6.29. The van der Waals surface area contributed by atoms with E-state index in [9.17, 15) is 4.79 Å². The van der Waals surface area contributed by atoms with Crippen molar-refractivity contribution in [2.45, 2.75) is 38.9 Å². The van der Waals surface area contributed by atoms with Crippen LogP contribution in [0.4, 0.5) is 0 Å². The topological polar surface area (TPSA) is 54.3 Å². The Bertz CT molecular complexity index is 797. The van der Waals surface area contributed by atoms with Gasteiger partial charge in [0.1, 0.15) is 10.8 Å². The van der Waals surface area contributed by atoms with Crippen LogP contribution < -0.4 is 0 Å². The van der Waals surface area contributed by atoms with E-state index >= 15 is 0 Å². The zero-order valence-corrected chi connectivity index (χ0v) is 15.2. The fourth-order valence-electron chi connectivity index (χ4n) is 3.76. The first-order valence-corrected chi connectivity index (χ1v) is 9.17. The van der Waals surface area contributed by atoms with Gasteiger partial charge in [0.2, 0.25) is 0 Å². The van der Waals surface area contributed by atoms with Crippen molar-refractivity contribution in [3.05, 3.63) is 46.0 Å². The summed E-state index contributed by atoms with van der Waals surface area (Å²) in [5, 5.41) is 5.05. The SMILES string of the molecule is Cn1nc(CN2CCCCC2)c2c1CN(C(=O)c1cccc(Cl)n1)C2. The van der Waals surface area contributed by atoms with E-state index in [1.165, 1.54) is 24.8 Å². The molecule has 0 N–H and O–H groups in total. The molecule has 1 fully saturated rings. The van der Waals surface area contributed by atoms with Gasteiger partial charge >= 0.3 is 0 Å². The first-order valence-electron chi connectivity index (χ1n) is 8.79. The molecule has 0 spiro atoms. The molecule has 2 aliphatic rings. The Morgan fingerprint density at radius 1 is 1.20 bits per heavy atom. The molecule has 0 aromatic carbocycles. The van der Waals surface area contributed by atoms with Crippen LogP contribution in [0.2, 0.25) is 5.15 Å². The third-order valence-electron chi connectivity index (χ3n) is 5.09. The van der Waals surface area contributed by atoms with E-state index in [0.29, 0.717) is 23.9 Å². The summed E-state index contributed by atoms with van der Waals surface area (Å²) >= 11 is 5.92. The summed E-state index contributed by atoms with van der Waals surface area (Å²) in [6.45, 7) is 4.33. The number of nitrogens with zero attached hydrogens (tertiary/aromatic N) is 5. The maximum atomic E-state index is 12.7. The number of aromatic nitrogens is 3. The number of hydrogen-bond acceptors (Lipinski definition) is 4. The van der Waals surface area contributed by atoms with Crippen LogP contribution in [0, 0.1) is 0 Å². The predicted octanol–water partition coefficient (Wildman–Crippen LogP) is 2.61. The van der Waals surface area contributed by atoms with Crippen LogP contribution in [0.5, 0.6) is 0 Å². The molecule has 6 nitrogen and oxygen atoms in total. The molecular weight excluding hydrogens is 338 g/mol. The number of piperidine rings is 1. The minimum Gasteiger partial charge on any atom is -0.327 e. The minimum absolute atomic E-state index is 0.0809. The Kier molecular flexibility index (Phi) is 4.48. The summed E-state index contributed by atoms with van der Waals surface area (Å²) < 4.78 is 1.92. The molecule has 4 heterocycles. The van der Waals surface area contributed by atoms with Crippen LogP contribution in [-0.2, 0) is 26.7 Å². The van der Waals surface area contributed by atoms with Crippen molar-refractivity contribution >= 4 is 17.5 Å². The molecule has 132 valence electrons. The Balaban J connectivity index is 1.52. The molecule has 4 rings (SSSR count). The number of fused-ring (bicyclic) bond motifs is 1. The van der Waals surface area contributed by atoms with E-state index in [-0.39, 0.29) is 5.91 Å². The Hall–Kier alpha value is -1.92. The van der Waals surface area contributed by atoms with Crippen molar-refractivity contribution in [1.82, 2.24) is 24.6 Å². The standard InChI is InChI=1S/C18H22ClN5O/c1-22-16-12-24(18(25)14-6-5-7-17(19)20-14)10-13(16)15(21-22)11-23-8-3-2-4-9-23/h5-7H,2-4,8-12H2,1H3. The molecule has 2 aromatic rings. The van der Waals surface area contributed by atoms with Crippen LogP contribution in [0.25, 0.3) is 0 Å². The molecule has 1 saturated heterocycles. The van der Waals surface area contributed by atoms with Gasteiger partial charge in [-0.1, -0.05) is 24.1 Å². The van der Waals surface area contributed by atoms with Crippen LogP contribution in [0.15, 0.2) is 18.2 Å². The normalized spacial score (nSPS) is 17.8. The average Bonchev–Trinajstić information content (AvgIpc) is 3.17. The molecule has 7 heteroatoms. The van der Waals surface area contributed by atoms with E-state index in [4.69, 9.17) is 16.7 Å². The van der Waals surface area contributed by atoms with Crippen LogP contribution >= 0.6 is 11.6 Å². The number of aryl methyl sites for hydroxylation is 1. The number of likely N-dealkylation sites (tertiary alicyclic amines) is 1. The van der Waals surface area contributed by atoms with Gasteiger partial charge in [-0.25, -0.2) is 4.98 Å². The van der Waals surface area contributed by atoms with E-state index in [1.54, 1.807) is 18.2 Å². The number of amides is 1.